The molecule has 0 radical (unpaired) electrons. The molecule has 1 atom stereocenters. The topological polar surface area (TPSA) is 39.9 Å². The predicted octanol–water partition coefficient (Wildman–Crippen LogP) is 3.61. The van der Waals surface area contributed by atoms with Crippen LogP contribution in [0.15, 0.2) is 18.3 Å². The lowest BCUT2D eigenvalue weighted by Gasteiger charge is -2.16. The lowest BCUT2D eigenvalue weighted by molar-refractivity contribution is 0.406. The zero-order chi connectivity index (χ0) is 14.7. The minimum Gasteiger partial charge on any atom is -0.496 e. The van der Waals surface area contributed by atoms with Gasteiger partial charge in [0.1, 0.15) is 5.75 Å². The Bertz CT molecular complexity index is 595. The van der Waals surface area contributed by atoms with E-state index in [0.717, 1.165) is 40.6 Å². The number of hydrogen-bond acceptors (Lipinski definition) is 3. The van der Waals surface area contributed by atoms with Crippen LogP contribution in [0.25, 0.3) is 0 Å². The smallest absolute Gasteiger partial charge is 0.122 e. The monoisotopic (exact) mass is 293 g/mol. The van der Waals surface area contributed by atoms with Gasteiger partial charge in [0, 0.05) is 17.8 Å². The van der Waals surface area contributed by atoms with E-state index in [2.05, 4.69) is 17.2 Å². The van der Waals surface area contributed by atoms with Crippen LogP contribution in [0.5, 0.6) is 5.75 Å². The van der Waals surface area contributed by atoms with Crippen LogP contribution in [0, 0.1) is 6.92 Å². The van der Waals surface area contributed by atoms with E-state index >= 15 is 0 Å². The molecule has 1 heterocycles. The summed E-state index contributed by atoms with van der Waals surface area (Å²) in [6.07, 6.45) is 2.80. The Labute approximate surface area is 124 Å². The number of benzene rings is 1. The Balaban J connectivity index is 2.24. The van der Waals surface area contributed by atoms with Gasteiger partial charge in [-0.2, -0.15) is 0 Å². The molecule has 0 amide bonds. The number of aryl methyl sites for hydroxylation is 2. The van der Waals surface area contributed by atoms with E-state index in [4.69, 9.17) is 16.3 Å². The summed E-state index contributed by atoms with van der Waals surface area (Å²) in [4.78, 5) is 0. The van der Waals surface area contributed by atoms with Crippen molar-refractivity contribution in [3.8, 4) is 5.75 Å². The highest BCUT2D eigenvalue weighted by atomic mass is 35.5. The van der Waals surface area contributed by atoms with Crippen molar-refractivity contribution in [1.29, 1.82) is 0 Å². The maximum atomic E-state index is 6.23. The molecule has 1 aromatic heterocycles. The van der Waals surface area contributed by atoms with Gasteiger partial charge in [0.25, 0.3) is 0 Å². The third kappa shape index (κ3) is 3.12. The van der Waals surface area contributed by atoms with Gasteiger partial charge in [-0.05, 0) is 49.4 Å². The molecule has 20 heavy (non-hydrogen) atoms. The molecule has 0 saturated heterocycles. The Morgan fingerprint density at radius 3 is 2.75 bits per heavy atom. The average Bonchev–Trinajstić information content (AvgIpc) is 2.88. The van der Waals surface area contributed by atoms with Crippen LogP contribution >= 0.6 is 11.6 Å². The fraction of sp³-hybridized carbons (Fsp3) is 0.467. The number of halogens is 1. The molecule has 5 heteroatoms. The Kier molecular flexibility index (Phi) is 4.65. The van der Waals surface area contributed by atoms with Gasteiger partial charge in [-0.3, -0.25) is 4.68 Å². The summed E-state index contributed by atoms with van der Waals surface area (Å²) in [6, 6.07) is 3.97. The molecule has 1 unspecified atom stereocenters. The molecular formula is C15H20ClN3O. The van der Waals surface area contributed by atoms with Gasteiger partial charge >= 0.3 is 0 Å². The quantitative estimate of drug-likeness (QED) is 0.845. The van der Waals surface area contributed by atoms with Crippen molar-refractivity contribution < 1.29 is 4.74 Å². The molecule has 2 aromatic rings. The summed E-state index contributed by atoms with van der Waals surface area (Å²) in [5.74, 6) is 1.15. The first kappa shape index (κ1) is 14.9. The maximum absolute atomic E-state index is 6.23. The fourth-order valence-electron chi connectivity index (χ4n) is 2.24. The van der Waals surface area contributed by atoms with Crippen molar-refractivity contribution in [2.45, 2.75) is 39.7 Å². The zero-order valence-corrected chi connectivity index (χ0v) is 13.1. The van der Waals surface area contributed by atoms with E-state index < -0.39 is 0 Å². The first-order valence-electron chi connectivity index (χ1n) is 6.78. The highest BCUT2D eigenvalue weighted by molar-refractivity contribution is 6.31. The Hall–Kier alpha value is -1.55. The van der Waals surface area contributed by atoms with Gasteiger partial charge in [-0.25, -0.2) is 0 Å². The summed E-state index contributed by atoms with van der Waals surface area (Å²) < 4.78 is 7.30. The molecule has 0 aliphatic rings. The van der Waals surface area contributed by atoms with Gasteiger partial charge in [0.05, 0.1) is 12.8 Å². The van der Waals surface area contributed by atoms with Crippen molar-refractivity contribution in [3.05, 3.63) is 40.2 Å². The first-order valence-corrected chi connectivity index (χ1v) is 7.16. The maximum Gasteiger partial charge on any atom is 0.122 e. The van der Waals surface area contributed by atoms with E-state index in [1.807, 2.05) is 36.9 Å². The molecule has 108 valence electrons. The predicted molar refractivity (Wildman–Crippen MR) is 80.6 cm³/mol. The second kappa shape index (κ2) is 6.27. The molecular weight excluding hydrogens is 274 g/mol. The minimum absolute atomic E-state index is 0.269. The Morgan fingerprint density at radius 1 is 1.40 bits per heavy atom. The molecule has 0 aliphatic carbocycles. The lowest BCUT2D eigenvalue weighted by Crippen LogP contribution is -2.02. The zero-order valence-electron chi connectivity index (χ0n) is 12.4. The van der Waals surface area contributed by atoms with Gasteiger partial charge in [-0.15, -0.1) is 5.10 Å². The normalized spacial score (nSPS) is 12.4. The van der Waals surface area contributed by atoms with Crippen molar-refractivity contribution >= 4 is 11.6 Å². The van der Waals surface area contributed by atoms with E-state index in [-0.39, 0.29) is 5.92 Å². The van der Waals surface area contributed by atoms with Crippen LogP contribution in [-0.4, -0.2) is 22.1 Å². The Morgan fingerprint density at radius 2 is 2.15 bits per heavy atom. The molecule has 0 bridgehead atoms. The van der Waals surface area contributed by atoms with E-state index in [1.54, 1.807) is 7.11 Å². The van der Waals surface area contributed by atoms with Crippen LogP contribution in [0.2, 0.25) is 5.02 Å². The highest BCUT2D eigenvalue weighted by Crippen LogP contribution is 2.33. The number of rotatable bonds is 5. The van der Waals surface area contributed by atoms with E-state index in [0.29, 0.717) is 0 Å². The van der Waals surface area contributed by atoms with Crippen LogP contribution in [-0.2, 0) is 13.0 Å². The number of nitrogens with zero attached hydrogens (tertiary/aromatic N) is 3. The van der Waals surface area contributed by atoms with Crippen LogP contribution in [0.3, 0.4) is 0 Å². The SMILES string of the molecule is CCn1cc(CC(C)c2cc(Cl)c(C)cc2OC)nn1. The standard InChI is InChI=1S/C15H20ClN3O/c1-5-19-9-12(17-18-19)6-10(2)13-8-14(16)11(3)7-15(13)20-4/h7-10H,5-6H2,1-4H3. The molecule has 1 aromatic carbocycles. The van der Waals surface area contributed by atoms with Gasteiger partial charge in [0.15, 0.2) is 0 Å². The molecule has 0 spiro atoms. The van der Waals surface area contributed by atoms with Crippen LogP contribution in [0.1, 0.15) is 36.6 Å². The summed E-state index contributed by atoms with van der Waals surface area (Å²) in [5.41, 5.74) is 3.11. The largest absolute Gasteiger partial charge is 0.496 e. The molecule has 2 rings (SSSR count). The van der Waals surface area contributed by atoms with Crippen LogP contribution in [0.4, 0.5) is 0 Å². The van der Waals surface area contributed by atoms with Crippen molar-refractivity contribution in [1.82, 2.24) is 15.0 Å². The number of hydrogen-bond donors (Lipinski definition) is 0. The van der Waals surface area contributed by atoms with Crippen molar-refractivity contribution in [3.63, 3.8) is 0 Å². The fourth-order valence-corrected chi connectivity index (χ4v) is 2.41. The second-order valence-electron chi connectivity index (χ2n) is 5.01. The van der Waals surface area contributed by atoms with Gasteiger partial charge in [-0.1, -0.05) is 23.7 Å². The summed E-state index contributed by atoms with van der Waals surface area (Å²) in [5, 5.41) is 9.02. The van der Waals surface area contributed by atoms with E-state index in [9.17, 15) is 0 Å². The molecule has 4 nitrogen and oxygen atoms in total. The number of aromatic nitrogens is 3. The molecule has 0 saturated carbocycles. The highest BCUT2D eigenvalue weighted by Gasteiger charge is 2.16. The average molecular weight is 294 g/mol. The number of methoxy groups -OCH3 is 1. The van der Waals surface area contributed by atoms with E-state index in [1.165, 1.54) is 0 Å². The van der Waals surface area contributed by atoms with Gasteiger partial charge in [0.2, 0.25) is 0 Å². The third-order valence-electron chi connectivity index (χ3n) is 3.47. The van der Waals surface area contributed by atoms with Gasteiger partial charge < -0.3 is 4.74 Å². The number of ether oxygens (including phenoxy) is 1. The molecule has 0 fully saturated rings. The van der Waals surface area contributed by atoms with Crippen molar-refractivity contribution in [2.75, 3.05) is 7.11 Å². The third-order valence-corrected chi connectivity index (χ3v) is 3.87. The minimum atomic E-state index is 0.269. The summed E-state index contributed by atoms with van der Waals surface area (Å²) >= 11 is 6.23. The van der Waals surface area contributed by atoms with Crippen molar-refractivity contribution in [2.24, 2.45) is 0 Å². The lowest BCUT2D eigenvalue weighted by atomic mass is 9.94. The summed E-state index contributed by atoms with van der Waals surface area (Å²) in [6.45, 7) is 7.01. The second-order valence-corrected chi connectivity index (χ2v) is 5.42. The summed E-state index contributed by atoms with van der Waals surface area (Å²) in [7, 11) is 1.69. The molecule has 0 N–H and O–H groups in total. The molecule has 0 aliphatic heterocycles. The van der Waals surface area contributed by atoms with Crippen LogP contribution < -0.4 is 4.74 Å². The first-order chi connectivity index (χ1) is 9.55.